The Morgan fingerprint density at radius 1 is 1.12 bits per heavy atom. The highest BCUT2D eigenvalue weighted by Crippen LogP contribution is 2.27. The normalized spacial score (nSPS) is 10.8. The number of ether oxygens (including phenoxy) is 1. The third kappa shape index (κ3) is 4.49. The number of nitrogens with one attached hydrogen (secondary N) is 3. The number of carbonyl (C=O) groups excluding carboxylic acids is 2. The Hall–Kier alpha value is -3.11. The van der Waals surface area contributed by atoms with Crippen LogP contribution in [0.4, 0.5) is 5.69 Å². The lowest BCUT2D eigenvalue weighted by Crippen LogP contribution is -2.41. The van der Waals surface area contributed by atoms with E-state index < -0.39 is 15.9 Å². The molecule has 0 fully saturated rings. The first kappa shape index (κ1) is 19.2. The molecule has 0 saturated heterocycles. The summed E-state index contributed by atoms with van der Waals surface area (Å²) in [5.74, 6) is -1.32. The molecule has 2 rings (SSSR count). The third-order valence-electron chi connectivity index (χ3n) is 3.24. The standard InChI is InChI=1S/C16H17N3O6S/c1-10(20)17-13-8-7-11(9-15(13)25-2)26(23,24)19-18-16(22)12-5-3-4-6-14(12)21/h3-9,19,21H,1-2H3,(H,17,20)(H,18,22). The molecule has 0 aromatic heterocycles. The number of phenols is 1. The number of rotatable bonds is 6. The minimum absolute atomic E-state index is 0.0891. The van der Waals surface area contributed by atoms with Gasteiger partial charge in [0.2, 0.25) is 5.91 Å². The number of benzene rings is 2. The Labute approximate surface area is 150 Å². The molecule has 10 heteroatoms. The van der Waals surface area contributed by atoms with Gasteiger partial charge in [-0.3, -0.25) is 15.0 Å². The molecule has 0 spiro atoms. The van der Waals surface area contributed by atoms with Gasteiger partial charge in [0.25, 0.3) is 15.9 Å². The van der Waals surface area contributed by atoms with E-state index >= 15 is 0 Å². The van der Waals surface area contributed by atoms with Crippen molar-refractivity contribution in [2.75, 3.05) is 12.4 Å². The van der Waals surface area contributed by atoms with Crippen molar-refractivity contribution in [1.29, 1.82) is 0 Å². The van der Waals surface area contributed by atoms with Crippen molar-refractivity contribution < 1.29 is 27.9 Å². The first-order valence-corrected chi connectivity index (χ1v) is 8.78. The van der Waals surface area contributed by atoms with Crippen LogP contribution in [0.5, 0.6) is 11.5 Å². The van der Waals surface area contributed by atoms with Gasteiger partial charge in [-0.25, -0.2) is 8.42 Å². The van der Waals surface area contributed by atoms with Crippen LogP contribution in [0.15, 0.2) is 47.4 Å². The fourth-order valence-electron chi connectivity index (χ4n) is 2.04. The summed E-state index contributed by atoms with van der Waals surface area (Å²) in [6.07, 6.45) is 0. The van der Waals surface area contributed by atoms with Crippen LogP contribution >= 0.6 is 0 Å². The van der Waals surface area contributed by atoms with E-state index in [9.17, 15) is 23.1 Å². The molecule has 9 nitrogen and oxygen atoms in total. The number of amides is 2. The summed E-state index contributed by atoms with van der Waals surface area (Å²) in [6.45, 7) is 1.31. The Morgan fingerprint density at radius 2 is 1.81 bits per heavy atom. The van der Waals surface area contributed by atoms with Gasteiger partial charge in [0.15, 0.2) is 0 Å². The SMILES string of the molecule is COc1cc(S(=O)(=O)NNC(=O)c2ccccc2O)ccc1NC(C)=O. The molecule has 138 valence electrons. The molecule has 2 aromatic rings. The summed E-state index contributed by atoms with van der Waals surface area (Å²) in [4.78, 5) is 24.8. The van der Waals surface area contributed by atoms with Crippen LogP contribution < -0.4 is 20.3 Å². The highest BCUT2D eigenvalue weighted by atomic mass is 32.2. The average molecular weight is 379 g/mol. The fourth-order valence-corrected chi connectivity index (χ4v) is 2.89. The molecule has 4 N–H and O–H groups in total. The van der Waals surface area contributed by atoms with Gasteiger partial charge in [-0.05, 0) is 24.3 Å². The number of hydrogen-bond acceptors (Lipinski definition) is 6. The van der Waals surface area contributed by atoms with Crippen molar-refractivity contribution in [2.24, 2.45) is 0 Å². The molecule has 0 bridgehead atoms. The second-order valence-electron chi connectivity index (χ2n) is 5.12. The van der Waals surface area contributed by atoms with E-state index in [0.717, 1.165) is 0 Å². The van der Waals surface area contributed by atoms with Gasteiger partial charge in [0, 0.05) is 13.0 Å². The van der Waals surface area contributed by atoms with Crippen molar-refractivity contribution in [2.45, 2.75) is 11.8 Å². The van der Waals surface area contributed by atoms with Crippen molar-refractivity contribution in [3.8, 4) is 11.5 Å². The zero-order valence-electron chi connectivity index (χ0n) is 13.9. The van der Waals surface area contributed by atoms with Gasteiger partial charge < -0.3 is 15.2 Å². The predicted octanol–water partition coefficient (Wildman–Crippen LogP) is 0.982. The third-order valence-corrected chi connectivity index (χ3v) is 4.49. The predicted molar refractivity (Wildman–Crippen MR) is 93.2 cm³/mol. The van der Waals surface area contributed by atoms with E-state index in [0.29, 0.717) is 5.69 Å². The maximum atomic E-state index is 12.3. The number of carbonyl (C=O) groups is 2. The van der Waals surface area contributed by atoms with Crippen LogP contribution in [0, 0.1) is 0 Å². The molecule has 0 saturated carbocycles. The van der Waals surface area contributed by atoms with Crippen molar-refractivity contribution >= 4 is 27.5 Å². The second kappa shape index (κ2) is 7.85. The summed E-state index contributed by atoms with van der Waals surface area (Å²) in [7, 11) is -2.79. The Bertz CT molecular complexity index is 943. The summed E-state index contributed by atoms with van der Waals surface area (Å²) < 4.78 is 29.7. The molecule has 0 atom stereocenters. The quantitative estimate of drug-likeness (QED) is 0.553. The molecule has 0 aliphatic rings. The summed E-state index contributed by atoms with van der Waals surface area (Å²) >= 11 is 0. The van der Waals surface area contributed by atoms with E-state index in [1.165, 1.54) is 56.5 Å². The maximum Gasteiger partial charge on any atom is 0.269 e. The lowest BCUT2D eigenvalue weighted by atomic mass is 10.2. The van der Waals surface area contributed by atoms with E-state index in [1.54, 1.807) is 0 Å². The van der Waals surface area contributed by atoms with Crippen LogP contribution in [0.1, 0.15) is 17.3 Å². The van der Waals surface area contributed by atoms with Gasteiger partial charge in [-0.2, -0.15) is 0 Å². The van der Waals surface area contributed by atoms with Crippen molar-refractivity contribution in [3.63, 3.8) is 0 Å². The number of hydrogen-bond donors (Lipinski definition) is 4. The lowest BCUT2D eigenvalue weighted by molar-refractivity contribution is -0.114. The van der Waals surface area contributed by atoms with Crippen LogP contribution in [0.3, 0.4) is 0 Å². The van der Waals surface area contributed by atoms with Crippen LogP contribution in [-0.4, -0.2) is 32.4 Å². The molecule has 0 radical (unpaired) electrons. The fraction of sp³-hybridized carbons (Fsp3) is 0.125. The number of phenolic OH excluding ortho intramolecular Hbond substituents is 1. The van der Waals surface area contributed by atoms with Crippen LogP contribution in [-0.2, 0) is 14.8 Å². The summed E-state index contributed by atoms with van der Waals surface area (Å²) in [6, 6.07) is 9.48. The maximum absolute atomic E-state index is 12.3. The summed E-state index contributed by atoms with van der Waals surface area (Å²) in [5.41, 5.74) is 2.23. The number of anilines is 1. The molecular weight excluding hydrogens is 362 g/mol. The number of hydrazine groups is 1. The number of sulfonamides is 1. The Kier molecular flexibility index (Phi) is 5.80. The van der Waals surface area contributed by atoms with Gasteiger partial charge in [0.05, 0.1) is 23.3 Å². The molecule has 0 aliphatic carbocycles. The molecule has 2 aromatic carbocycles. The summed E-state index contributed by atoms with van der Waals surface area (Å²) in [5, 5.41) is 12.1. The minimum Gasteiger partial charge on any atom is -0.507 e. The number of aromatic hydroxyl groups is 1. The van der Waals surface area contributed by atoms with Gasteiger partial charge >= 0.3 is 0 Å². The molecule has 0 unspecified atom stereocenters. The minimum atomic E-state index is -4.11. The Balaban J connectivity index is 2.18. The smallest absolute Gasteiger partial charge is 0.269 e. The number of methoxy groups -OCH3 is 1. The lowest BCUT2D eigenvalue weighted by Gasteiger charge is -2.12. The van der Waals surface area contributed by atoms with Crippen molar-refractivity contribution in [1.82, 2.24) is 10.3 Å². The van der Waals surface area contributed by atoms with E-state index in [1.807, 2.05) is 10.3 Å². The van der Waals surface area contributed by atoms with E-state index in [-0.39, 0.29) is 27.9 Å². The first-order chi connectivity index (χ1) is 12.2. The number of para-hydroxylation sites is 1. The Morgan fingerprint density at radius 3 is 2.42 bits per heavy atom. The average Bonchev–Trinajstić information content (AvgIpc) is 2.60. The molecular formula is C16H17N3O6S. The molecule has 0 aliphatic heterocycles. The van der Waals surface area contributed by atoms with Gasteiger partial charge in [-0.1, -0.05) is 12.1 Å². The second-order valence-corrected chi connectivity index (χ2v) is 6.80. The van der Waals surface area contributed by atoms with Crippen LogP contribution in [0.25, 0.3) is 0 Å². The molecule has 26 heavy (non-hydrogen) atoms. The zero-order chi connectivity index (χ0) is 19.3. The first-order valence-electron chi connectivity index (χ1n) is 7.30. The highest BCUT2D eigenvalue weighted by Gasteiger charge is 2.19. The van der Waals surface area contributed by atoms with Crippen molar-refractivity contribution in [3.05, 3.63) is 48.0 Å². The monoisotopic (exact) mass is 379 g/mol. The van der Waals surface area contributed by atoms with E-state index in [4.69, 9.17) is 4.74 Å². The van der Waals surface area contributed by atoms with Gasteiger partial charge in [0.1, 0.15) is 11.5 Å². The molecule has 2 amide bonds. The zero-order valence-corrected chi connectivity index (χ0v) is 14.8. The van der Waals surface area contributed by atoms with Gasteiger partial charge in [-0.15, -0.1) is 4.83 Å². The van der Waals surface area contributed by atoms with Crippen LogP contribution in [0.2, 0.25) is 0 Å². The largest absolute Gasteiger partial charge is 0.507 e. The van der Waals surface area contributed by atoms with E-state index in [2.05, 4.69) is 5.32 Å². The molecule has 0 heterocycles. The topological polar surface area (TPSA) is 134 Å². The highest BCUT2D eigenvalue weighted by molar-refractivity contribution is 7.89.